The Hall–Kier alpha value is -2.75. The standard InChI is InChI=1S/C27H27F2NO3/c1-3-27(32)13-23(30)25-22-12-24(33-14-15-8-16(28)10-17(29)9-15)21-11-18(31)4-5-19(21)20(22)6-7-26(25,27)2/h1,4-5,8-11,20,22,24-25,30-32H,6-7,12-14H2,2H3/t20-,22-,24?,25-,26+,27?/m1/s1. The lowest BCUT2D eigenvalue weighted by Gasteiger charge is -2.52. The van der Waals surface area contributed by atoms with Gasteiger partial charge < -0.3 is 20.4 Å². The Morgan fingerprint density at radius 2 is 1.91 bits per heavy atom. The molecule has 0 radical (unpaired) electrons. The van der Waals surface area contributed by atoms with Crippen LogP contribution >= 0.6 is 0 Å². The molecule has 33 heavy (non-hydrogen) atoms. The van der Waals surface area contributed by atoms with Crippen molar-refractivity contribution >= 4 is 5.71 Å². The van der Waals surface area contributed by atoms with E-state index in [0.29, 0.717) is 24.1 Å². The van der Waals surface area contributed by atoms with Crippen LogP contribution < -0.4 is 0 Å². The SMILES string of the molecule is C#CC1(O)CC(=N)[C@H]2[C@@H]3CC(OCc4cc(F)cc(F)c4)c4cc(O)ccc4[C@H]3CC[C@@]21C. The Morgan fingerprint density at radius 3 is 2.61 bits per heavy atom. The van der Waals surface area contributed by atoms with Crippen molar-refractivity contribution in [3.63, 3.8) is 0 Å². The molecule has 2 unspecified atom stereocenters. The summed E-state index contributed by atoms with van der Waals surface area (Å²) in [4.78, 5) is 0. The quantitative estimate of drug-likeness (QED) is 0.559. The van der Waals surface area contributed by atoms with Crippen LogP contribution in [0.3, 0.4) is 0 Å². The predicted molar refractivity (Wildman–Crippen MR) is 120 cm³/mol. The molecule has 3 aliphatic rings. The molecule has 2 aromatic carbocycles. The third kappa shape index (κ3) is 3.37. The van der Waals surface area contributed by atoms with Gasteiger partial charge in [-0.25, -0.2) is 8.78 Å². The number of rotatable bonds is 3. The fraction of sp³-hybridized carbons (Fsp3) is 0.444. The highest BCUT2D eigenvalue weighted by atomic mass is 19.1. The molecule has 5 rings (SSSR count). The second kappa shape index (κ2) is 7.65. The van der Waals surface area contributed by atoms with Crippen LogP contribution in [0.2, 0.25) is 0 Å². The molecule has 0 heterocycles. The zero-order chi connectivity index (χ0) is 23.5. The molecule has 2 fully saturated rings. The molecule has 0 bridgehead atoms. The Balaban J connectivity index is 1.51. The minimum absolute atomic E-state index is 0.0134. The van der Waals surface area contributed by atoms with Gasteiger partial charge in [0.05, 0.1) is 12.7 Å². The van der Waals surface area contributed by atoms with E-state index in [-0.39, 0.29) is 36.5 Å². The van der Waals surface area contributed by atoms with Crippen molar-refractivity contribution in [1.29, 1.82) is 5.41 Å². The van der Waals surface area contributed by atoms with E-state index in [1.54, 1.807) is 12.1 Å². The zero-order valence-corrected chi connectivity index (χ0v) is 18.4. The van der Waals surface area contributed by atoms with Gasteiger partial charge in [-0.2, -0.15) is 0 Å². The molecule has 0 aromatic heterocycles. The number of nitrogens with one attached hydrogen (secondary N) is 1. The number of benzene rings is 2. The van der Waals surface area contributed by atoms with Crippen molar-refractivity contribution in [2.24, 2.45) is 17.3 Å². The van der Waals surface area contributed by atoms with Gasteiger partial charge in [0.2, 0.25) is 0 Å². The number of aliphatic hydroxyl groups is 1. The Labute approximate surface area is 192 Å². The maximum absolute atomic E-state index is 13.7. The van der Waals surface area contributed by atoms with Crippen LogP contribution in [0, 0.1) is 46.6 Å². The lowest BCUT2D eigenvalue weighted by Crippen LogP contribution is -2.51. The predicted octanol–water partition coefficient (Wildman–Crippen LogP) is 5.24. The third-order valence-corrected chi connectivity index (χ3v) is 8.29. The van der Waals surface area contributed by atoms with Crippen LogP contribution in [-0.2, 0) is 11.3 Å². The van der Waals surface area contributed by atoms with Crippen molar-refractivity contribution in [3.8, 4) is 18.1 Å². The molecule has 2 saturated carbocycles. The van der Waals surface area contributed by atoms with E-state index in [1.165, 1.54) is 12.1 Å². The molecule has 0 saturated heterocycles. The van der Waals surface area contributed by atoms with Gasteiger partial charge in [0.1, 0.15) is 23.0 Å². The molecular formula is C27H27F2NO3. The van der Waals surface area contributed by atoms with Gasteiger partial charge in [-0.15, -0.1) is 6.42 Å². The molecule has 6 atom stereocenters. The van der Waals surface area contributed by atoms with Gasteiger partial charge in [-0.05, 0) is 72.1 Å². The summed E-state index contributed by atoms with van der Waals surface area (Å²) in [7, 11) is 0. The summed E-state index contributed by atoms with van der Waals surface area (Å²) >= 11 is 0. The first-order chi connectivity index (χ1) is 15.6. The molecule has 0 spiro atoms. The molecule has 0 amide bonds. The van der Waals surface area contributed by atoms with Gasteiger partial charge in [-0.3, -0.25) is 0 Å². The topological polar surface area (TPSA) is 73.5 Å². The third-order valence-electron chi connectivity index (χ3n) is 8.29. The van der Waals surface area contributed by atoms with E-state index in [1.807, 2.05) is 13.0 Å². The van der Waals surface area contributed by atoms with E-state index in [2.05, 4.69) is 5.92 Å². The van der Waals surface area contributed by atoms with Crippen LogP contribution in [0.15, 0.2) is 36.4 Å². The highest BCUT2D eigenvalue weighted by Gasteiger charge is 2.64. The monoisotopic (exact) mass is 451 g/mol. The summed E-state index contributed by atoms with van der Waals surface area (Å²) < 4.78 is 33.5. The van der Waals surface area contributed by atoms with E-state index in [9.17, 15) is 19.0 Å². The fourth-order valence-corrected chi connectivity index (χ4v) is 6.73. The Bertz CT molecular complexity index is 1150. The normalized spacial score (nSPS) is 34.8. The molecule has 4 nitrogen and oxygen atoms in total. The Morgan fingerprint density at radius 1 is 1.18 bits per heavy atom. The number of hydrogen-bond donors (Lipinski definition) is 3. The van der Waals surface area contributed by atoms with Crippen molar-refractivity contribution in [2.45, 2.75) is 56.8 Å². The largest absolute Gasteiger partial charge is 0.508 e. The summed E-state index contributed by atoms with van der Waals surface area (Å²) in [5, 5.41) is 30.1. The smallest absolute Gasteiger partial charge is 0.136 e. The minimum atomic E-state index is -1.34. The first-order valence-corrected chi connectivity index (χ1v) is 11.3. The molecule has 2 aromatic rings. The van der Waals surface area contributed by atoms with Crippen LogP contribution in [-0.4, -0.2) is 21.5 Å². The maximum Gasteiger partial charge on any atom is 0.136 e. The van der Waals surface area contributed by atoms with Crippen LogP contribution in [0.1, 0.15) is 61.3 Å². The molecule has 6 heteroatoms. The number of aromatic hydroxyl groups is 1. The summed E-state index contributed by atoms with van der Waals surface area (Å²) in [5.74, 6) is 1.40. The fourth-order valence-electron chi connectivity index (χ4n) is 6.73. The number of phenolic OH excluding ortho intramolecular Hbond substituents is 1. The van der Waals surface area contributed by atoms with Crippen molar-refractivity contribution in [2.75, 3.05) is 0 Å². The Kier molecular flexibility index (Phi) is 5.11. The van der Waals surface area contributed by atoms with Crippen LogP contribution in [0.25, 0.3) is 0 Å². The lowest BCUT2D eigenvalue weighted by atomic mass is 9.53. The average Bonchev–Trinajstić information content (AvgIpc) is 2.97. The van der Waals surface area contributed by atoms with Crippen LogP contribution in [0.4, 0.5) is 8.78 Å². The lowest BCUT2D eigenvalue weighted by molar-refractivity contribution is -0.0762. The van der Waals surface area contributed by atoms with E-state index in [0.717, 1.165) is 23.6 Å². The van der Waals surface area contributed by atoms with E-state index < -0.39 is 28.8 Å². The zero-order valence-electron chi connectivity index (χ0n) is 18.4. The molecule has 3 N–H and O–H groups in total. The van der Waals surface area contributed by atoms with Gasteiger partial charge in [-0.1, -0.05) is 18.9 Å². The van der Waals surface area contributed by atoms with E-state index >= 15 is 0 Å². The van der Waals surface area contributed by atoms with E-state index in [4.69, 9.17) is 16.6 Å². The highest BCUT2D eigenvalue weighted by Crippen LogP contribution is 2.64. The highest BCUT2D eigenvalue weighted by molar-refractivity contribution is 5.90. The molecule has 3 aliphatic carbocycles. The van der Waals surface area contributed by atoms with Crippen molar-refractivity contribution < 1.29 is 23.7 Å². The second-order valence-electron chi connectivity index (χ2n) is 10.0. The number of hydrogen-bond acceptors (Lipinski definition) is 4. The average molecular weight is 452 g/mol. The maximum atomic E-state index is 13.7. The van der Waals surface area contributed by atoms with Gasteiger partial charge >= 0.3 is 0 Å². The number of fused-ring (bicyclic) bond motifs is 5. The summed E-state index contributed by atoms with van der Waals surface area (Å²) in [5.41, 5.74) is 0.856. The summed E-state index contributed by atoms with van der Waals surface area (Å²) in [6.45, 7) is 2.01. The summed E-state index contributed by atoms with van der Waals surface area (Å²) in [6, 6.07) is 8.59. The molecule has 172 valence electrons. The van der Waals surface area contributed by atoms with Crippen molar-refractivity contribution in [3.05, 3.63) is 64.7 Å². The minimum Gasteiger partial charge on any atom is -0.508 e. The van der Waals surface area contributed by atoms with Crippen LogP contribution in [0.5, 0.6) is 5.75 Å². The molecule has 0 aliphatic heterocycles. The second-order valence-corrected chi connectivity index (χ2v) is 10.0. The van der Waals surface area contributed by atoms with Crippen molar-refractivity contribution in [1.82, 2.24) is 0 Å². The number of phenols is 1. The number of terminal acetylenes is 1. The molecular weight excluding hydrogens is 424 g/mol. The number of halogens is 2. The van der Waals surface area contributed by atoms with Gasteiger partial charge in [0, 0.05) is 29.5 Å². The summed E-state index contributed by atoms with van der Waals surface area (Å²) in [6.07, 6.45) is 7.58. The first kappa shape index (κ1) is 22.1. The first-order valence-electron chi connectivity index (χ1n) is 11.3. The van der Waals surface area contributed by atoms with Gasteiger partial charge in [0.15, 0.2) is 0 Å². The van der Waals surface area contributed by atoms with Gasteiger partial charge in [0.25, 0.3) is 0 Å². The number of ether oxygens (including phenoxy) is 1.